The van der Waals surface area contributed by atoms with E-state index in [-0.39, 0.29) is 29.9 Å². The number of likely N-dealkylation sites (tertiary alicyclic amines) is 1. The van der Waals surface area contributed by atoms with Crippen LogP contribution in [0.25, 0.3) is 0 Å². The molecule has 3 unspecified atom stereocenters. The molecule has 2 N–H and O–H groups in total. The molecule has 4 rings (SSSR count). The topological polar surface area (TPSA) is 105 Å². The molecule has 180 valence electrons. The van der Waals surface area contributed by atoms with Gasteiger partial charge in [0.15, 0.2) is 0 Å². The van der Waals surface area contributed by atoms with E-state index in [0.717, 1.165) is 11.1 Å². The minimum absolute atomic E-state index is 0.00342. The second-order valence-electron chi connectivity index (χ2n) is 9.19. The van der Waals surface area contributed by atoms with Crippen molar-refractivity contribution in [3.63, 3.8) is 0 Å². The average molecular weight is 523 g/mol. The Hall–Kier alpha value is -1.97. The molecular weight excluding hydrogens is 492 g/mol. The number of alkyl halides is 1. The molecule has 0 radical (unpaired) electrons. The molecule has 0 aromatic heterocycles. The summed E-state index contributed by atoms with van der Waals surface area (Å²) in [4.78, 5) is 41.6. The van der Waals surface area contributed by atoms with Gasteiger partial charge in [0.25, 0.3) is 0 Å². The molecule has 8 nitrogen and oxygen atoms in total. The number of carbonyl (C=O) groups excluding carboxylic acids is 3. The third-order valence-electron chi connectivity index (χ3n) is 7.05. The first-order valence-electron chi connectivity index (χ1n) is 11.5. The standard InChI is InChI=1S/C24H31BrN2O6/c1-4-32-23(31)17-18-22(30)27(9-5-6-10-28)20(24(18)12-15(25)19(17)33-24)21(29)26-16-11-13(2)7-8-14(16)3/h7-8,11,15,17-20,28H,4-6,9-10,12H2,1-3H3,(H,26,29)/t15?,17-,18+,19-,20?,24?/m1/s1. The van der Waals surface area contributed by atoms with Crippen LogP contribution in [0.3, 0.4) is 0 Å². The lowest BCUT2D eigenvalue weighted by molar-refractivity contribution is -0.154. The maximum absolute atomic E-state index is 13.7. The maximum atomic E-state index is 13.7. The molecule has 2 amide bonds. The van der Waals surface area contributed by atoms with E-state index in [1.807, 2.05) is 32.0 Å². The molecule has 3 saturated heterocycles. The van der Waals surface area contributed by atoms with Gasteiger partial charge >= 0.3 is 5.97 Å². The van der Waals surface area contributed by atoms with Crippen molar-refractivity contribution in [2.75, 3.05) is 25.1 Å². The number of amides is 2. The summed E-state index contributed by atoms with van der Waals surface area (Å²) < 4.78 is 11.7. The van der Waals surface area contributed by atoms with Gasteiger partial charge in [-0.3, -0.25) is 14.4 Å². The summed E-state index contributed by atoms with van der Waals surface area (Å²) in [6.45, 7) is 6.11. The number of aliphatic hydroxyl groups is 1. The fraction of sp³-hybridized carbons (Fsp3) is 0.625. The Morgan fingerprint density at radius 1 is 1.33 bits per heavy atom. The van der Waals surface area contributed by atoms with Crippen LogP contribution in [0.4, 0.5) is 5.69 Å². The van der Waals surface area contributed by atoms with Crippen molar-refractivity contribution in [1.29, 1.82) is 0 Å². The highest BCUT2D eigenvalue weighted by molar-refractivity contribution is 9.09. The number of benzene rings is 1. The Morgan fingerprint density at radius 3 is 2.79 bits per heavy atom. The van der Waals surface area contributed by atoms with Crippen LogP contribution in [0.1, 0.15) is 37.3 Å². The first-order valence-corrected chi connectivity index (χ1v) is 12.4. The Bertz CT molecular complexity index is 955. The number of aryl methyl sites for hydroxylation is 2. The van der Waals surface area contributed by atoms with Crippen molar-refractivity contribution < 1.29 is 29.0 Å². The summed E-state index contributed by atoms with van der Waals surface area (Å²) in [5.41, 5.74) is 1.51. The van der Waals surface area contributed by atoms with E-state index in [1.165, 1.54) is 0 Å². The van der Waals surface area contributed by atoms with Crippen LogP contribution < -0.4 is 5.32 Å². The van der Waals surface area contributed by atoms with Crippen LogP contribution in [-0.4, -0.2) is 70.1 Å². The molecule has 0 saturated carbocycles. The summed E-state index contributed by atoms with van der Waals surface area (Å²) in [5, 5.41) is 12.2. The van der Waals surface area contributed by atoms with Gasteiger partial charge in [-0.1, -0.05) is 28.1 Å². The highest BCUT2D eigenvalue weighted by Crippen LogP contribution is 2.60. The quantitative estimate of drug-likeness (QED) is 0.308. The lowest BCUT2D eigenvalue weighted by Gasteiger charge is -2.34. The Kier molecular flexibility index (Phi) is 6.85. The average Bonchev–Trinajstić information content (AvgIpc) is 3.35. The molecule has 3 aliphatic heterocycles. The fourth-order valence-corrected chi connectivity index (χ4v) is 6.59. The maximum Gasteiger partial charge on any atom is 0.312 e. The normalized spacial score (nSPS) is 32.2. The monoisotopic (exact) mass is 522 g/mol. The number of unbranched alkanes of at least 4 members (excludes halogenated alkanes) is 1. The van der Waals surface area contributed by atoms with E-state index in [0.29, 0.717) is 31.5 Å². The number of esters is 1. The number of fused-ring (bicyclic) bond motifs is 1. The molecule has 3 fully saturated rings. The molecule has 1 aromatic rings. The molecule has 1 aromatic carbocycles. The molecular formula is C24H31BrN2O6. The molecule has 6 atom stereocenters. The largest absolute Gasteiger partial charge is 0.466 e. The smallest absolute Gasteiger partial charge is 0.312 e. The van der Waals surface area contributed by atoms with Gasteiger partial charge in [-0.2, -0.15) is 0 Å². The van der Waals surface area contributed by atoms with Gasteiger partial charge in [-0.15, -0.1) is 0 Å². The minimum Gasteiger partial charge on any atom is -0.466 e. The van der Waals surface area contributed by atoms with Crippen molar-refractivity contribution in [3.05, 3.63) is 29.3 Å². The van der Waals surface area contributed by atoms with Gasteiger partial charge in [0.1, 0.15) is 11.6 Å². The zero-order valence-electron chi connectivity index (χ0n) is 19.2. The van der Waals surface area contributed by atoms with Crippen molar-refractivity contribution >= 4 is 39.4 Å². The molecule has 33 heavy (non-hydrogen) atoms. The van der Waals surface area contributed by atoms with E-state index in [9.17, 15) is 19.5 Å². The van der Waals surface area contributed by atoms with Gasteiger partial charge in [-0.25, -0.2) is 0 Å². The predicted molar refractivity (Wildman–Crippen MR) is 125 cm³/mol. The molecule has 0 aliphatic carbocycles. The number of hydrogen-bond acceptors (Lipinski definition) is 6. The van der Waals surface area contributed by atoms with Crippen LogP contribution in [0.2, 0.25) is 0 Å². The number of rotatable bonds is 8. The van der Waals surface area contributed by atoms with Gasteiger partial charge < -0.3 is 24.8 Å². The van der Waals surface area contributed by atoms with Gasteiger partial charge in [0, 0.05) is 23.7 Å². The molecule has 9 heteroatoms. The van der Waals surface area contributed by atoms with E-state index in [1.54, 1.807) is 11.8 Å². The molecule has 1 spiro atoms. The highest BCUT2D eigenvalue weighted by Gasteiger charge is 2.76. The first kappa shape index (κ1) is 24.2. The Balaban J connectivity index is 1.71. The summed E-state index contributed by atoms with van der Waals surface area (Å²) in [6, 6.07) is 4.93. The van der Waals surface area contributed by atoms with Crippen LogP contribution in [0.5, 0.6) is 0 Å². The van der Waals surface area contributed by atoms with E-state index >= 15 is 0 Å². The number of nitrogens with zero attached hydrogens (tertiary/aromatic N) is 1. The summed E-state index contributed by atoms with van der Waals surface area (Å²) in [7, 11) is 0. The Labute approximate surface area is 202 Å². The second kappa shape index (κ2) is 9.35. The SMILES string of the molecule is CCOC(=O)[C@H]1[C@@H]2OC3(CC2Br)C(C(=O)Nc2cc(C)ccc2C)N(CCCCO)C(=O)[C@H]13. The van der Waals surface area contributed by atoms with Gasteiger partial charge in [0.2, 0.25) is 11.8 Å². The first-order chi connectivity index (χ1) is 15.7. The van der Waals surface area contributed by atoms with Crippen molar-refractivity contribution in [3.8, 4) is 0 Å². The van der Waals surface area contributed by atoms with E-state index in [4.69, 9.17) is 9.47 Å². The number of hydrogen-bond donors (Lipinski definition) is 2. The molecule has 3 heterocycles. The summed E-state index contributed by atoms with van der Waals surface area (Å²) in [6.07, 6.45) is 0.988. The van der Waals surface area contributed by atoms with E-state index in [2.05, 4.69) is 21.2 Å². The minimum atomic E-state index is -1.10. The number of carbonyl (C=O) groups is 3. The number of aliphatic hydroxyl groups excluding tert-OH is 1. The predicted octanol–water partition coefficient (Wildman–Crippen LogP) is 2.33. The van der Waals surface area contributed by atoms with Crippen LogP contribution in [-0.2, 0) is 23.9 Å². The van der Waals surface area contributed by atoms with E-state index < -0.39 is 35.6 Å². The van der Waals surface area contributed by atoms with Crippen molar-refractivity contribution in [2.24, 2.45) is 11.8 Å². The number of anilines is 1. The van der Waals surface area contributed by atoms with Crippen molar-refractivity contribution in [2.45, 2.75) is 62.6 Å². The third-order valence-corrected chi connectivity index (χ3v) is 7.90. The summed E-state index contributed by atoms with van der Waals surface area (Å²) >= 11 is 3.63. The number of nitrogens with one attached hydrogen (secondary N) is 1. The van der Waals surface area contributed by atoms with Crippen LogP contribution in [0.15, 0.2) is 18.2 Å². The van der Waals surface area contributed by atoms with Crippen LogP contribution >= 0.6 is 15.9 Å². The highest BCUT2D eigenvalue weighted by atomic mass is 79.9. The second-order valence-corrected chi connectivity index (χ2v) is 10.4. The Morgan fingerprint density at radius 2 is 2.09 bits per heavy atom. The lowest BCUT2D eigenvalue weighted by Crippen LogP contribution is -2.54. The third kappa shape index (κ3) is 3.98. The van der Waals surface area contributed by atoms with Gasteiger partial charge in [0.05, 0.1) is 24.5 Å². The fourth-order valence-electron chi connectivity index (χ4n) is 5.64. The zero-order chi connectivity index (χ0) is 23.9. The van der Waals surface area contributed by atoms with Crippen LogP contribution in [0, 0.1) is 25.7 Å². The zero-order valence-corrected chi connectivity index (χ0v) is 20.8. The summed E-state index contributed by atoms with van der Waals surface area (Å²) in [5.74, 6) is -2.56. The molecule has 2 bridgehead atoms. The lowest BCUT2D eigenvalue weighted by atomic mass is 9.70. The van der Waals surface area contributed by atoms with Gasteiger partial charge in [-0.05, 0) is 57.2 Å². The number of ether oxygens (including phenoxy) is 2. The molecule has 3 aliphatic rings. The van der Waals surface area contributed by atoms with Crippen molar-refractivity contribution in [1.82, 2.24) is 4.90 Å². The number of halogens is 1.